The van der Waals surface area contributed by atoms with E-state index in [-0.39, 0.29) is 24.1 Å². The second kappa shape index (κ2) is 6.69. The molecule has 2 atom stereocenters. The molecule has 0 saturated carbocycles. The molecule has 0 heterocycles. The lowest BCUT2D eigenvalue weighted by atomic mass is 10.00. The summed E-state index contributed by atoms with van der Waals surface area (Å²) in [4.78, 5) is 13.2. The zero-order chi connectivity index (χ0) is 14.4. The van der Waals surface area contributed by atoms with Crippen LogP contribution in [0, 0.1) is 5.82 Å². The number of azide groups is 1. The Morgan fingerprint density at radius 2 is 2.11 bits per heavy atom. The molecule has 0 aromatic heterocycles. The number of aliphatic hydroxyl groups excluding tert-OH is 2. The van der Waals surface area contributed by atoms with E-state index in [1.165, 1.54) is 0 Å². The fourth-order valence-electron chi connectivity index (χ4n) is 1.52. The number of carbonyl (C=O) groups is 1. The van der Waals surface area contributed by atoms with Gasteiger partial charge in [0.1, 0.15) is 11.9 Å². The highest BCUT2D eigenvalue weighted by Gasteiger charge is 2.20. The van der Waals surface area contributed by atoms with Crippen molar-refractivity contribution in [3.63, 3.8) is 0 Å². The van der Waals surface area contributed by atoms with Gasteiger partial charge in [-0.15, -0.1) is 0 Å². The van der Waals surface area contributed by atoms with E-state index in [1.54, 1.807) is 0 Å². The van der Waals surface area contributed by atoms with Gasteiger partial charge in [0.2, 0.25) is 0 Å². The van der Waals surface area contributed by atoms with Crippen LogP contribution in [0.2, 0.25) is 0 Å². The topological polar surface area (TPSA) is 127 Å². The SMILES string of the molecule is [N-]=[N+]=NCCC(O)C(O)c1cc(F)cc(C(=O)O)c1. The van der Waals surface area contributed by atoms with Crippen LogP contribution in [0.1, 0.15) is 28.4 Å². The molecule has 0 aliphatic rings. The number of carboxylic acid groups (broad SMARTS) is 1. The zero-order valence-electron chi connectivity index (χ0n) is 9.77. The Kier molecular flexibility index (Phi) is 5.25. The van der Waals surface area contributed by atoms with Gasteiger partial charge in [0.25, 0.3) is 0 Å². The molecule has 19 heavy (non-hydrogen) atoms. The van der Waals surface area contributed by atoms with Gasteiger partial charge in [-0.2, -0.15) is 0 Å². The minimum Gasteiger partial charge on any atom is -0.478 e. The maximum Gasteiger partial charge on any atom is 0.335 e. The number of carboxylic acids is 1. The van der Waals surface area contributed by atoms with E-state index in [9.17, 15) is 19.4 Å². The third-order valence-electron chi connectivity index (χ3n) is 2.46. The molecule has 0 spiro atoms. The Balaban J connectivity index is 2.89. The Hall–Kier alpha value is -2.15. The molecule has 8 heteroatoms. The van der Waals surface area contributed by atoms with Crippen LogP contribution in [-0.4, -0.2) is 33.9 Å². The molecule has 0 bridgehead atoms. The van der Waals surface area contributed by atoms with Gasteiger partial charge < -0.3 is 15.3 Å². The van der Waals surface area contributed by atoms with Gasteiger partial charge in [-0.3, -0.25) is 0 Å². The molecule has 1 aromatic rings. The molecule has 102 valence electrons. The van der Waals surface area contributed by atoms with E-state index in [0.29, 0.717) is 0 Å². The Morgan fingerprint density at radius 1 is 1.42 bits per heavy atom. The number of rotatable bonds is 6. The number of aliphatic hydroxyl groups is 2. The van der Waals surface area contributed by atoms with Gasteiger partial charge >= 0.3 is 5.97 Å². The highest BCUT2D eigenvalue weighted by molar-refractivity contribution is 5.87. The second-order valence-electron chi connectivity index (χ2n) is 3.83. The van der Waals surface area contributed by atoms with Crippen LogP contribution in [0.5, 0.6) is 0 Å². The summed E-state index contributed by atoms with van der Waals surface area (Å²) in [5.74, 6) is -2.16. The van der Waals surface area contributed by atoms with Crippen molar-refractivity contribution >= 4 is 5.97 Å². The number of halogens is 1. The number of benzene rings is 1. The van der Waals surface area contributed by atoms with Gasteiger partial charge in [-0.1, -0.05) is 5.11 Å². The maximum atomic E-state index is 13.2. The number of nitrogens with zero attached hydrogens (tertiary/aromatic N) is 3. The molecule has 0 aliphatic carbocycles. The van der Waals surface area contributed by atoms with E-state index in [4.69, 9.17) is 10.6 Å². The van der Waals surface area contributed by atoms with Crippen molar-refractivity contribution in [2.24, 2.45) is 5.11 Å². The molecule has 0 amide bonds. The Morgan fingerprint density at radius 3 is 2.68 bits per heavy atom. The fraction of sp³-hybridized carbons (Fsp3) is 0.364. The van der Waals surface area contributed by atoms with Crippen LogP contribution in [-0.2, 0) is 0 Å². The van der Waals surface area contributed by atoms with Crippen LogP contribution in [0.15, 0.2) is 23.3 Å². The molecule has 1 aromatic carbocycles. The number of hydrogen-bond donors (Lipinski definition) is 3. The molecule has 0 fully saturated rings. The first-order valence-electron chi connectivity index (χ1n) is 5.36. The van der Waals surface area contributed by atoms with E-state index >= 15 is 0 Å². The number of hydrogen-bond acceptors (Lipinski definition) is 4. The van der Waals surface area contributed by atoms with Crippen molar-refractivity contribution < 1.29 is 24.5 Å². The molecule has 0 radical (unpaired) electrons. The van der Waals surface area contributed by atoms with Crippen molar-refractivity contribution in [3.8, 4) is 0 Å². The van der Waals surface area contributed by atoms with Crippen LogP contribution >= 0.6 is 0 Å². The fourth-order valence-corrected chi connectivity index (χ4v) is 1.52. The van der Waals surface area contributed by atoms with Gasteiger partial charge in [0, 0.05) is 11.5 Å². The summed E-state index contributed by atoms with van der Waals surface area (Å²) in [5.41, 5.74) is 7.69. The molecule has 2 unspecified atom stereocenters. The number of aromatic carboxylic acids is 1. The molecular weight excluding hydrogens is 257 g/mol. The first kappa shape index (κ1) is 14.9. The van der Waals surface area contributed by atoms with E-state index < -0.39 is 24.0 Å². The largest absolute Gasteiger partial charge is 0.478 e. The zero-order valence-corrected chi connectivity index (χ0v) is 9.77. The van der Waals surface area contributed by atoms with Crippen LogP contribution in [0.4, 0.5) is 4.39 Å². The molecule has 0 saturated heterocycles. The third kappa shape index (κ3) is 4.22. The van der Waals surface area contributed by atoms with E-state index in [0.717, 1.165) is 18.2 Å². The highest BCUT2D eigenvalue weighted by Crippen LogP contribution is 2.21. The standard InChI is InChI=1S/C11H12FN3O4/c12-8-4-6(3-7(5-8)11(18)19)10(17)9(16)1-2-14-15-13/h3-5,9-10,16-17H,1-2H2,(H,18,19). The predicted octanol–water partition coefficient (Wildman–Crippen LogP) is 1.62. The van der Waals surface area contributed by atoms with Gasteiger partial charge in [-0.25, -0.2) is 9.18 Å². The predicted molar refractivity (Wildman–Crippen MR) is 63.0 cm³/mol. The lowest BCUT2D eigenvalue weighted by Gasteiger charge is -2.17. The normalized spacial score (nSPS) is 13.4. The monoisotopic (exact) mass is 269 g/mol. The maximum absolute atomic E-state index is 13.2. The minimum atomic E-state index is -1.46. The molecular formula is C11H12FN3O4. The van der Waals surface area contributed by atoms with E-state index in [2.05, 4.69) is 10.0 Å². The summed E-state index contributed by atoms with van der Waals surface area (Å²) >= 11 is 0. The van der Waals surface area contributed by atoms with Crippen molar-refractivity contribution in [1.29, 1.82) is 0 Å². The van der Waals surface area contributed by atoms with E-state index in [1.807, 2.05) is 0 Å². The first-order chi connectivity index (χ1) is 8.95. The molecule has 7 nitrogen and oxygen atoms in total. The minimum absolute atomic E-state index is 0.0237. The Bertz CT molecular complexity index is 517. The molecule has 0 aliphatic heterocycles. The van der Waals surface area contributed by atoms with Gasteiger partial charge in [-0.05, 0) is 35.7 Å². The summed E-state index contributed by atoms with van der Waals surface area (Å²) in [6.45, 7) is -0.0319. The molecule has 1 rings (SSSR count). The van der Waals surface area contributed by atoms with Gasteiger partial charge in [0.15, 0.2) is 0 Å². The quantitative estimate of drug-likeness (QED) is 0.412. The lowest BCUT2D eigenvalue weighted by Crippen LogP contribution is -2.19. The van der Waals surface area contributed by atoms with Crippen molar-refractivity contribution in [1.82, 2.24) is 0 Å². The van der Waals surface area contributed by atoms with Crippen LogP contribution in [0.25, 0.3) is 10.4 Å². The highest BCUT2D eigenvalue weighted by atomic mass is 19.1. The molecule has 3 N–H and O–H groups in total. The smallest absolute Gasteiger partial charge is 0.335 e. The summed E-state index contributed by atoms with van der Waals surface area (Å²) in [7, 11) is 0. The summed E-state index contributed by atoms with van der Waals surface area (Å²) in [5, 5.41) is 31.3. The average molecular weight is 269 g/mol. The van der Waals surface area contributed by atoms with Crippen molar-refractivity contribution in [2.75, 3.05) is 6.54 Å². The Labute approximate surface area is 107 Å². The summed E-state index contributed by atoms with van der Waals surface area (Å²) < 4.78 is 13.2. The lowest BCUT2D eigenvalue weighted by molar-refractivity contribution is 0.0148. The average Bonchev–Trinajstić information content (AvgIpc) is 2.37. The van der Waals surface area contributed by atoms with Crippen LogP contribution in [0.3, 0.4) is 0 Å². The summed E-state index contributed by atoms with van der Waals surface area (Å²) in [6, 6.07) is 2.83. The first-order valence-corrected chi connectivity index (χ1v) is 5.36. The van der Waals surface area contributed by atoms with Gasteiger partial charge in [0.05, 0.1) is 11.7 Å². The van der Waals surface area contributed by atoms with Crippen LogP contribution < -0.4 is 0 Å². The third-order valence-corrected chi connectivity index (χ3v) is 2.46. The van der Waals surface area contributed by atoms with Crippen molar-refractivity contribution in [2.45, 2.75) is 18.6 Å². The summed E-state index contributed by atoms with van der Waals surface area (Å²) in [6.07, 6.45) is -2.76. The second-order valence-corrected chi connectivity index (χ2v) is 3.83. The van der Waals surface area contributed by atoms with Crippen molar-refractivity contribution in [3.05, 3.63) is 45.6 Å².